The molecule has 0 saturated heterocycles. The average Bonchev–Trinajstić information content (AvgIpc) is 2.81. The summed E-state index contributed by atoms with van der Waals surface area (Å²) in [4.78, 5) is 7.82. The quantitative estimate of drug-likeness (QED) is 0.761. The van der Waals surface area contributed by atoms with Crippen molar-refractivity contribution in [2.24, 2.45) is 5.73 Å². The van der Waals surface area contributed by atoms with E-state index in [0.29, 0.717) is 0 Å². The number of rotatable bonds is 3. The van der Waals surface area contributed by atoms with Crippen LogP contribution in [-0.2, 0) is 0 Å². The van der Waals surface area contributed by atoms with Crippen LogP contribution in [0, 0.1) is 0 Å². The molecule has 2 aromatic heterocycles. The molecule has 0 spiro atoms. The van der Waals surface area contributed by atoms with Gasteiger partial charge < -0.3 is 10.7 Å². The van der Waals surface area contributed by atoms with Crippen LogP contribution in [-0.4, -0.2) is 9.97 Å². The molecule has 0 bridgehead atoms. The number of para-hydroxylation sites is 1. The topological polar surface area (TPSA) is 54.7 Å². The molecule has 0 fully saturated rings. The van der Waals surface area contributed by atoms with Crippen molar-refractivity contribution in [1.82, 2.24) is 9.97 Å². The maximum atomic E-state index is 5.98. The Hall–Kier alpha value is -1.78. The fourth-order valence-electron chi connectivity index (χ4n) is 2.04. The van der Waals surface area contributed by atoms with Crippen molar-refractivity contribution in [2.45, 2.75) is 23.0 Å². The van der Waals surface area contributed by atoms with E-state index in [1.165, 1.54) is 5.39 Å². The summed E-state index contributed by atoms with van der Waals surface area (Å²) in [6.07, 6.45) is 1.80. The summed E-state index contributed by atoms with van der Waals surface area (Å²) in [7, 11) is 0. The molecule has 3 nitrogen and oxygen atoms in total. The van der Waals surface area contributed by atoms with Gasteiger partial charge in [-0.25, -0.2) is 4.98 Å². The molecule has 1 unspecified atom stereocenters. The molecule has 0 aliphatic rings. The van der Waals surface area contributed by atoms with Crippen LogP contribution in [0.25, 0.3) is 10.9 Å². The van der Waals surface area contributed by atoms with Gasteiger partial charge in [0, 0.05) is 28.7 Å². The summed E-state index contributed by atoms with van der Waals surface area (Å²) in [6, 6.07) is 14.3. The third-order valence-corrected chi connectivity index (χ3v) is 3.98. The van der Waals surface area contributed by atoms with Crippen molar-refractivity contribution >= 4 is 22.7 Å². The van der Waals surface area contributed by atoms with Crippen molar-refractivity contribution in [3.8, 4) is 0 Å². The van der Waals surface area contributed by atoms with Crippen molar-refractivity contribution < 1.29 is 0 Å². The molecule has 19 heavy (non-hydrogen) atoms. The predicted octanol–water partition coefficient (Wildman–Crippen LogP) is 3.73. The number of hydrogen-bond acceptors (Lipinski definition) is 3. The largest absolute Gasteiger partial charge is 0.349 e. The van der Waals surface area contributed by atoms with Gasteiger partial charge in [-0.15, -0.1) is 0 Å². The Morgan fingerprint density at radius 1 is 1.21 bits per heavy atom. The minimum atomic E-state index is -0.0134. The van der Waals surface area contributed by atoms with E-state index in [1.54, 1.807) is 18.0 Å². The highest BCUT2D eigenvalue weighted by atomic mass is 32.2. The second-order valence-corrected chi connectivity index (χ2v) is 5.54. The Kier molecular flexibility index (Phi) is 3.27. The van der Waals surface area contributed by atoms with Crippen LogP contribution in [0.1, 0.15) is 18.5 Å². The first kappa shape index (κ1) is 12.3. The van der Waals surface area contributed by atoms with Gasteiger partial charge in [-0.1, -0.05) is 36.0 Å². The summed E-state index contributed by atoms with van der Waals surface area (Å²) in [5.74, 6) is 0. The second kappa shape index (κ2) is 5.07. The van der Waals surface area contributed by atoms with Gasteiger partial charge in [-0.2, -0.15) is 0 Å². The van der Waals surface area contributed by atoms with Crippen molar-refractivity contribution in [2.75, 3.05) is 0 Å². The van der Waals surface area contributed by atoms with Gasteiger partial charge in [0.05, 0.1) is 5.03 Å². The maximum absolute atomic E-state index is 5.98. The van der Waals surface area contributed by atoms with Crippen molar-refractivity contribution in [3.05, 3.63) is 54.2 Å². The fourth-order valence-corrected chi connectivity index (χ4v) is 3.08. The average molecular weight is 269 g/mol. The fraction of sp³-hybridized carbons (Fsp3) is 0.133. The number of benzene rings is 1. The van der Waals surface area contributed by atoms with E-state index in [4.69, 9.17) is 5.73 Å². The highest BCUT2D eigenvalue weighted by molar-refractivity contribution is 7.99. The molecule has 1 aromatic carbocycles. The van der Waals surface area contributed by atoms with Crippen LogP contribution in [0.4, 0.5) is 0 Å². The number of aromatic amines is 1. The van der Waals surface area contributed by atoms with E-state index in [0.717, 1.165) is 21.1 Å². The molecule has 1 atom stereocenters. The number of fused-ring (bicyclic) bond motifs is 1. The molecule has 0 aliphatic heterocycles. The van der Waals surface area contributed by atoms with E-state index in [-0.39, 0.29) is 6.04 Å². The van der Waals surface area contributed by atoms with Gasteiger partial charge in [0.15, 0.2) is 0 Å². The van der Waals surface area contributed by atoms with E-state index in [2.05, 4.69) is 28.2 Å². The highest BCUT2D eigenvalue weighted by Crippen LogP contribution is 2.32. The number of nitrogens with two attached hydrogens (primary N) is 1. The molecule has 4 heteroatoms. The number of H-pyrrole nitrogens is 1. The Balaban J connectivity index is 1.97. The van der Waals surface area contributed by atoms with Crippen LogP contribution in [0.3, 0.4) is 0 Å². The lowest BCUT2D eigenvalue weighted by Crippen LogP contribution is -2.07. The van der Waals surface area contributed by atoms with Gasteiger partial charge in [0.2, 0.25) is 0 Å². The molecule has 0 saturated carbocycles. The van der Waals surface area contributed by atoms with E-state index >= 15 is 0 Å². The third-order valence-electron chi connectivity index (χ3n) is 3.00. The van der Waals surface area contributed by atoms with Crippen LogP contribution in [0.5, 0.6) is 0 Å². The summed E-state index contributed by atoms with van der Waals surface area (Å²) in [6.45, 7) is 1.98. The number of pyridine rings is 1. The number of nitrogens with one attached hydrogen (secondary N) is 1. The molecular weight excluding hydrogens is 254 g/mol. The maximum Gasteiger partial charge on any atom is 0.107 e. The molecule has 0 aliphatic carbocycles. The molecule has 3 N–H and O–H groups in total. The summed E-state index contributed by atoms with van der Waals surface area (Å²) >= 11 is 1.62. The van der Waals surface area contributed by atoms with Gasteiger partial charge >= 0.3 is 0 Å². The molecular formula is C15H15N3S. The lowest BCUT2D eigenvalue weighted by molar-refractivity contribution is 0.779. The lowest BCUT2D eigenvalue weighted by Gasteiger charge is -2.09. The van der Waals surface area contributed by atoms with Gasteiger partial charge in [0.25, 0.3) is 0 Å². The SMILES string of the molecule is CC(N)c1cccnc1Sc1cc2ccccc2[nH]1. The van der Waals surface area contributed by atoms with Gasteiger partial charge in [0.1, 0.15) is 5.03 Å². The Bertz CT molecular complexity index is 670. The zero-order valence-corrected chi connectivity index (χ0v) is 11.4. The zero-order valence-electron chi connectivity index (χ0n) is 10.6. The number of aromatic nitrogens is 2. The van der Waals surface area contributed by atoms with Gasteiger partial charge in [-0.3, -0.25) is 0 Å². The van der Waals surface area contributed by atoms with E-state index < -0.39 is 0 Å². The standard InChI is InChI=1S/C15H15N3S/c1-10(16)12-6-4-8-17-15(12)19-14-9-11-5-2-3-7-13(11)18-14/h2-10,18H,16H2,1H3. The number of nitrogens with zero attached hydrogens (tertiary/aromatic N) is 1. The summed E-state index contributed by atoms with van der Waals surface area (Å²) in [5.41, 5.74) is 8.20. The van der Waals surface area contributed by atoms with Gasteiger partial charge in [-0.05, 0) is 25.1 Å². The van der Waals surface area contributed by atoms with Crippen molar-refractivity contribution in [1.29, 1.82) is 0 Å². The first-order valence-electron chi connectivity index (χ1n) is 6.20. The number of hydrogen-bond donors (Lipinski definition) is 2. The Morgan fingerprint density at radius 2 is 2.05 bits per heavy atom. The summed E-state index contributed by atoms with van der Waals surface area (Å²) < 4.78 is 0. The third kappa shape index (κ3) is 2.50. The predicted molar refractivity (Wildman–Crippen MR) is 79.3 cm³/mol. The van der Waals surface area contributed by atoms with Crippen LogP contribution in [0.2, 0.25) is 0 Å². The zero-order chi connectivity index (χ0) is 13.2. The van der Waals surface area contributed by atoms with Crippen LogP contribution >= 0.6 is 11.8 Å². The minimum absolute atomic E-state index is 0.0134. The molecule has 96 valence electrons. The minimum Gasteiger partial charge on any atom is -0.349 e. The smallest absolute Gasteiger partial charge is 0.107 e. The molecule has 0 radical (unpaired) electrons. The molecule has 2 heterocycles. The first-order valence-corrected chi connectivity index (χ1v) is 7.02. The van der Waals surface area contributed by atoms with E-state index in [9.17, 15) is 0 Å². The highest BCUT2D eigenvalue weighted by Gasteiger charge is 2.10. The molecule has 3 aromatic rings. The lowest BCUT2D eigenvalue weighted by atomic mass is 10.2. The molecule has 0 amide bonds. The van der Waals surface area contributed by atoms with E-state index in [1.807, 2.05) is 31.2 Å². The monoisotopic (exact) mass is 269 g/mol. The first-order chi connectivity index (χ1) is 9.24. The normalized spacial score (nSPS) is 12.7. The molecule has 3 rings (SSSR count). The van der Waals surface area contributed by atoms with Crippen LogP contribution < -0.4 is 5.73 Å². The van der Waals surface area contributed by atoms with Crippen molar-refractivity contribution in [3.63, 3.8) is 0 Å². The second-order valence-electron chi connectivity index (χ2n) is 4.51. The van der Waals surface area contributed by atoms with Crippen LogP contribution in [0.15, 0.2) is 58.7 Å². The Labute approximate surface area is 116 Å². The Morgan fingerprint density at radius 3 is 2.84 bits per heavy atom. The summed E-state index contributed by atoms with van der Waals surface area (Å²) in [5, 5.41) is 3.26.